The maximum atomic E-state index is 12.0. The van der Waals surface area contributed by atoms with Crippen LogP contribution in [0, 0.1) is 0 Å². The fraction of sp³-hybridized carbons (Fsp3) is 0.273. The lowest BCUT2D eigenvalue weighted by molar-refractivity contribution is 0.101. The van der Waals surface area contributed by atoms with Crippen LogP contribution in [0.4, 0.5) is 0 Å². The molecule has 6 nitrogen and oxygen atoms in total. The van der Waals surface area contributed by atoms with Gasteiger partial charge < -0.3 is 18.8 Å². The Hall–Kier alpha value is -3.12. The Morgan fingerprint density at radius 3 is 2.57 bits per heavy atom. The minimum atomic E-state index is -0.278. The maximum Gasteiger partial charge on any atom is 0.313 e. The van der Waals surface area contributed by atoms with Crippen molar-refractivity contribution in [2.24, 2.45) is 7.05 Å². The van der Waals surface area contributed by atoms with E-state index < -0.39 is 0 Å². The molecular weight excluding hydrogens is 356 g/mol. The van der Waals surface area contributed by atoms with Gasteiger partial charge in [-0.1, -0.05) is 31.2 Å². The topological polar surface area (TPSA) is 62.6 Å². The summed E-state index contributed by atoms with van der Waals surface area (Å²) < 4.78 is 18.2. The molecule has 0 aliphatic carbocycles. The van der Waals surface area contributed by atoms with Crippen LogP contribution < -0.4 is 15.0 Å². The molecule has 2 aromatic carbocycles. The highest BCUT2D eigenvalue weighted by Gasteiger charge is 2.06. The summed E-state index contributed by atoms with van der Waals surface area (Å²) in [7, 11) is 1.66. The molecule has 0 unspecified atom stereocenters. The van der Waals surface area contributed by atoms with Crippen LogP contribution in [0.5, 0.6) is 17.4 Å². The minimum absolute atomic E-state index is 0.0541. The Balaban J connectivity index is 1.65. The molecule has 0 radical (unpaired) electrons. The van der Waals surface area contributed by atoms with E-state index in [-0.39, 0.29) is 11.4 Å². The Bertz CT molecular complexity index is 951. The molecule has 0 saturated heterocycles. The van der Waals surface area contributed by atoms with Gasteiger partial charge in [0.25, 0.3) is 5.88 Å². The summed E-state index contributed by atoms with van der Waals surface area (Å²) in [6, 6.07) is 15.4. The molecular formula is C22H24N2O4. The first-order chi connectivity index (χ1) is 13.7. The second-order valence-electron chi connectivity index (χ2n) is 6.26. The number of hydrogen-bond donors (Lipinski definition) is 0. The molecule has 146 valence electrons. The monoisotopic (exact) mass is 380 g/mol. The summed E-state index contributed by atoms with van der Waals surface area (Å²) in [5.41, 5.74) is 1.78. The number of nitrogens with zero attached hydrogens (tertiary/aromatic N) is 2. The zero-order valence-corrected chi connectivity index (χ0v) is 16.1. The number of aryl methyl sites for hydroxylation is 1. The van der Waals surface area contributed by atoms with E-state index in [4.69, 9.17) is 14.2 Å². The van der Waals surface area contributed by atoms with Crippen LogP contribution in [0.3, 0.4) is 0 Å². The van der Waals surface area contributed by atoms with Gasteiger partial charge in [0.1, 0.15) is 18.1 Å². The normalized spacial score (nSPS) is 10.6. The van der Waals surface area contributed by atoms with Gasteiger partial charge in [-0.3, -0.25) is 4.79 Å². The molecule has 0 fully saturated rings. The number of benzene rings is 2. The molecule has 0 N–H and O–H groups in total. The SMILES string of the molecule is CCCOCCOc1cccc(-c2ccc(Oc3nccn(C)c3=O)cc2)c1. The molecule has 0 aliphatic rings. The molecule has 6 heteroatoms. The highest BCUT2D eigenvalue weighted by atomic mass is 16.5. The summed E-state index contributed by atoms with van der Waals surface area (Å²) in [6.45, 7) is 3.94. The van der Waals surface area contributed by atoms with Gasteiger partial charge in [0.2, 0.25) is 0 Å². The zero-order valence-electron chi connectivity index (χ0n) is 16.1. The average Bonchev–Trinajstić information content (AvgIpc) is 2.72. The maximum absolute atomic E-state index is 12.0. The van der Waals surface area contributed by atoms with Crippen molar-refractivity contribution < 1.29 is 14.2 Å². The molecule has 3 aromatic rings. The summed E-state index contributed by atoms with van der Waals surface area (Å²) in [5, 5.41) is 0. The Morgan fingerprint density at radius 2 is 1.79 bits per heavy atom. The lowest BCUT2D eigenvalue weighted by atomic mass is 10.1. The van der Waals surface area contributed by atoms with Crippen molar-refractivity contribution in [3.63, 3.8) is 0 Å². The molecule has 0 spiro atoms. The molecule has 0 amide bonds. The fourth-order valence-electron chi connectivity index (χ4n) is 2.60. The van der Waals surface area contributed by atoms with E-state index in [0.717, 1.165) is 29.9 Å². The Morgan fingerprint density at radius 1 is 0.964 bits per heavy atom. The van der Waals surface area contributed by atoms with Gasteiger partial charge in [-0.25, -0.2) is 4.98 Å². The number of ether oxygens (including phenoxy) is 3. The second kappa shape index (κ2) is 9.71. The van der Waals surface area contributed by atoms with Crippen LogP contribution >= 0.6 is 0 Å². The highest BCUT2D eigenvalue weighted by molar-refractivity contribution is 5.65. The summed E-state index contributed by atoms with van der Waals surface area (Å²) in [5.74, 6) is 1.41. The number of hydrogen-bond acceptors (Lipinski definition) is 5. The third kappa shape index (κ3) is 5.20. The predicted octanol–water partition coefficient (Wildman–Crippen LogP) is 4.05. The predicted molar refractivity (Wildman–Crippen MR) is 108 cm³/mol. The zero-order chi connectivity index (χ0) is 19.8. The lowest BCUT2D eigenvalue weighted by Crippen LogP contribution is -2.18. The van der Waals surface area contributed by atoms with Crippen molar-refractivity contribution >= 4 is 0 Å². The molecule has 0 atom stereocenters. The van der Waals surface area contributed by atoms with Gasteiger partial charge in [0, 0.05) is 26.0 Å². The Labute approximate surface area is 164 Å². The van der Waals surface area contributed by atoms with Crippen molar-refractivity contribution in [2.45, 2.75) is 13.3 Å². The largest absolute Gasteiger partial charge is 0.491 e. The third-order valence-electron chi connectivity index (χ3n) is 4.07. The number of aromatic nitrogens is 2. The molecule has 0 bridgehead atoms. The molecule has 1 aromatic heterocycles. The average molecular weight is 380 g/mol. The van der Waals surface area contributed by atoms with Crippen molar-refractivity contribution in [3.05, 3.63) is 71.3 Å². The van der Waals surface area contributed by atoms with Gasteiger partial charge in [0.15, 0.2) is 0 Å². The van der Waals surface area contributed by atoms with Crippen LogP contribution in [0.1, 0.15) is 13.3 Å². The summed E-state index contributed by atoms with van der Waals surface area (Å²) in [4.78, 5) is 16.0. The van der Waals surface area contributed by atoms with E-state index >= 15 is 0 Å². The highest BCUT2D eigenvalue weighted by Crippen LogP contribution is 2.26. The van der Waals surface area contributed by atoms with Crippen molar-refractivity contribution in [2.75, 3.05) is 19.8 Å². The van der Waals surface area contributed by atoms with E-state index in [1.54, 1.807) is 13.2 Å². The van der Waals surface area contributed by atoms with Crippen molar-refractivity contribution in [1.29, 1.82) is 0 Å². The van der Waals surface area contributed by atoms with Crippen LogP contribution in [0.25, 0.3) is 11.1 Å². The van der Waals surface area contributed by atoms with Crippen molar-refractivity contribution in [1.82, 2.24) is 9.55 Å². The molecule has 28 heavy (non-hydrogen) atoms. The molecule has 0 aliphatic heterocycles. The minimum Gasteiger partial charge on any atom is -0.491 e. The standard InChI is InChI=1S/C22H24N2O4/c1-3-13-26-14-15-27-20-6-4-5-18(16-20)17-7-9-19(10-8-17)28-21-22(25)24(2)12-11-23-21/h4-12,16H,3,13-15H2,1-2H3. The van der Waals surface area contributed by atoms with Crippen LogP contribution in [0.2, 0.25) is 0 Å². The third-order valence-corrected chi connectivity index (χ3v) is 4.07. The first-order valence-corrected chi connectivity index (χ1v) is 9.28. The van der Waals surface area contributed by atoms with Crippen LogP contribution in [-0.2, 0) is 11.8 Å². The van der Waals surface area contributed by atoms with Crippen molar-refractivity contribution in [3.8, 4) is 28.5 Å². The molecule has 0 saturated carbocycles. The van der Waals surface area contributed by atoms with E-state index in [0.29, 0.717) is 19.0 Å². The Kier molecular flexibility index (Phi) is 6.81. The van der Waals surface area contributed by atoms with E-state index in [9.17, 15) is 4.79 Å². The quantitative estimate of drug-likeness (QED) is 0.524. The van der Waals surface area contributed by atoms with Gasteiger partial charge in [-0.05, 0) is 41.8 Å². The van der Waals surface area contributed by atoms with Gasteiger partial charge in [-0.15, -0.1) is 0 Å². The first kappa shape index (κ1) is 19.6. The van der Waals surface area contributed by atoms with Crippen LogP contribution in [-0.4, -0.2) is 29.4 Å². The lowest BCUT2D eigenvalue weighted by Gasteiger charge is -2.09. The van der Waals surface area contributed by atoms with Gasteiger partial charge >= 0.3 is 5.56 Å². The number of rotatable bonds is 9. The molecule has 3 rings (SSSR count). The van der Waals surface area contributed by atoms with Gasteiger partial charge in [0.05, 0.1) is 6.61 Å². The van der Waals surface area contributed by atoms with E-state index in [1.165, 1.54) is 10.8 Å². The smallest absolute Gasteiger partial charge is 0.313 e. The summed E-state index contributed by atoms with van der Waals surface area (Å²) in [6.07, 6.45) is 4.12. The van der Waals surface area contributed by atoms with Crippen LogP contribution in [0.15, 0.2) is 65.7 Å². The van der Waals surface area contributed by atoms with E-state index in [2.05, 4.69) is 11.9 Å². The summed E-state index contributed by atoms with van der Waals surface area (Å²) >= 11 is 0. The first-order valence-electron chi connectivity index (χ1n) is 9.28. The second-order valence-corrected chi connectivity index (χ2v) is 6.26. The van der Waals surface area contributed by atoms with E-state index in [1.807, 2.05) is 48.5 Å². The molecule has 1 heterocycles. The van der Waals surface area contributed by atoms with Gasteiger partial charge in [-0.2, -0.15) is 0 Å². The fourth-order valence-corrected chi connectivity index (χ4v) is 2.60.